The Morgan fingerprint density at radius 2 is 1.73 bits per heavy atom. The van der Waals surface area contributed by atoms with E-state index in [1.807, 2.05) is 30.3 Å². The van der Waals surface area contributed by atoms with Gasteiger partial charge in [0.15, 0.2) is 17.6 Å². The lowest BCUT2D eigenvalue weighted by atomic mass is 9.99. The Kier molecular flexibility index (Phi) is 5.07. The highest BCUT2D eigenvalue weighted by atomic mass is 16.5. The molecule has 3 heterocycles. The van der Waals surface area contributed by atoms with Gasteiger partial charge in [0.2, 0.25) is 12.1 Å². The molecule has 0 bridgehead atoms. The van der Waals surface area contributed by atoms with Crippen LogP contribution < -0.4 is 14.0 Å². The molecule has 1 aromatic heterocycles. The third kappa shape index (κ3) is 3.69. The lowest BCUT2D eigenvalue weighted by Gasteiger charge is -2.11. The number of benzene rings is 4. The molecule has 0 N–H and O–H groups in total. The minimum atomic E-state index is 0.103. The first-order valence-corrected chi connectivity index (χ1v) is 13.0. The monoisotopic (exact) mass is 489 g/mol. The summed E-state index contributed by atoms with van der Waals surface area (Å²) in [5.41, 5.74) is 9.09. The Labute approximate surface area is 215 Å². The van der Waals surface area contributed by atoms with Crippen LogP contribution in [0.3, 0.4) is 0 Å². The van der Waals surface area contributed by atoms with Crippen molar-refractivity contribution in [2.24, 2.45) is 0 Å². The van der Waals surface area contributed by atoms with E-state index in [9.17, 15) is 4.79 Å². The van der Waals surface area contributed by atoms with Gasteiger partial charge in [0.05, 0.1) is 13.2 Å². The topological polar surface area (TPSA) is 44.3 Å². The molecule has 2 aliphatic rings. The molecule has 184 valence electrons. The maximum absolute atomic E-state index is 13.5. The zero-order valence-electron chi connectivity index (χ0n) is 21.2. The van der Waals surface area contributed by atoms with Crippen molar-refractivity contribution >= 4 is 27.6 Å². The van der Waals surface area contributed by atoms with Crippen LogP contribution in [-0.4, -0.2) is 23.6 Å². The normalized spacial score (nSPS) is 14.0. The number of hydrogen-bond acceptors (Lipinski definition) is 3. The number of carbonyl (C=O) groups is 1. The summed E-state index contributed by atoms with van der Waals surface area (Å²) < 4.78 is 16.4. The number of imidazole rings is 1. The summed E-state index contributed by atoms with van der Waals surface area (Å²) >= 11 is 0. The molecule has 5 aromatic rings. The molecule has 4 aromatic carbocycles. The Bertz CT molecular complexity index is 1700. The second-order valence-electron chi connectivity index (χ2n) is 10.3. The third-order valence-electron chi connectivity index (χ3n) is 7.96. The van der Waals surface area contributed by atoms with Crippen molar-refractivity contribution in [1.82, 2.24) is 4.57 Å². The largest absolute Gasteiger partial charge is 0.493 e. The first-order chi connectivity index (χ1) is 18.0. The van der Waals surface area contributed by atoms with Crippen LogP contribution in [0.4, 0.5) is 0 Å². The highest BCUT2D eigenvalue weighted by Gasteiger charge is 2.29. The van der Waals surface area contributed by atoms with Crippen molar-refractivity contribution in [3.8, 4) is 11.5 Å². The van der Waals surface area contributed by atoms with Crippen LogP contribution in [0.2, 0.25) is 0 Å². The van der Waals surface area contributed by atoms with E-state index in [4.69, 9.17) is 9.47 Å². The van der Waals surface area contributed by atoms with Crippen LogP contribution in [-0.2, 0) is 25.9 Å². The van der Waals surface area contributed by atoms with Gasteiger partial charge in [-0.25, -0.2) is 9.13 Å². The predicted molar refractivity (Wildman–Crippen MR) is 144 cm³/mol. The zero-order valence-corrected chi connectivity index (χ0v) is 21.2. The summed E-state index contributed by atoms with van der Waals surface area (Å²) in [6, 6.07) is 20.7. The van der Waals surface area contributed by atoms with Gasteiger partial charge in [-0.1, -0.05) is 36.4 Å². The van der Waals surface area contributed by atoms with E-state index in [1.165, 1.54) is 27.8 Å². The smallest absolute Gasteiger partial charge is 0.245 e. The highest BCUT2D eigenvalue weighted by Crippen LogP contribution is 2.40. The van der Waals surface area contributed by atoms with Gasteiger partial charge < -0.3 is 9.47 Å². The molecule has 5 nitrogen and oxygen atoms in total. The number of fused-ring (bicyclic) bond motifs is 4. The number of aryl methyl sites for hydroxylation is 2. The molecule has 0 atom stereocenters. The standard InChI is InChI=1S/C32H29N2O3/c1-20-13-28-29(14-21(20)2)34(18-30(35)24-8-7-22-5-3-4-6-23(22)15-24)19-33(28)17-27-26-10-12-36-31(26)16-25-9-11-37-32(25)27/h3-8,13-16,19H,9-12,17-18H2,1-2H3/q+1. The summed E-state index contributed by atoms with van der Waals surface area (Å²) in [5, 5.41) is 2.23. The SMILES string of the molecule is Cc1cc2c(cc1C)[n+](Cc1c3c(cc4c1OCC4)OCC3)cn2CC(=O)c1ccc2ccccc2c1. The minimum Gasteiger partial charge on any atom is -0.493 e. The van der Waals surface area contributed by atoms with Crippen molar-refractivity contribution in [2.75, 3.05) is 13.2 Å². The molecule has 5 heteroatoms. The van der Waals surface area contributed by atoms with E-state index in [0.717, 1.165) is 64.9 Å². The van der Waals surface area contributed by atoms with Gasteiger partial charge in [-0.2, -0.15) is 0 Å². The first kappa shape index (κ1) is 22.1. The number of ether oxygens (including phenoxy) is 2. The molecule has 0 aliphatic carbocycles. The quantitative estimate of drug-likeness (QED) is 0.242. The maximum Gasteiger partial charge on any atom is 0.245 e. The van der Waals surface area contributed by atoms with Gasteiger partial charge in [-0.05, 0) is 60.0 Å². The average molecular weight is 490 g/mol. The van der Waals surface area contributed by atoms with Crippen molar-refractivity contribution in [3.63, 3.8) is 0 Å². The molecule has 0 saturated carbocycles. The van der Waals surface area contributed by atoms with Gasteiger partial charge >= 0.3 is 0 Å². The van der Waals surface area contributed by atoms with Crippen LogP contribution in [0.25, 0.3) is 21.8 Å². The fourth-order valence-electron chi connectivity index (χ4n) is 5.82. The summed E-state index contributed by atoms with van der Waals surface area (Å²) in [7, 11) is 0. The van der Waals surface area contributed by atoms with E-state index in [-0.39, 0.29) is 12.3 Å². The van der Waals surface area contributed by atoms with Gasteiger partial charge in [0.25, 0.3) is 0 Å². The van der Waals surface area contributed by atoms with Crippen LogP contribution in [0.15, 0.2) is 67.0 Å². The summed E-state index contributed by atoms with van der Waals surface area (Å²) in [4.78, 5) is 13.5. The minimum absolute atomic E-state index is 0.103. The molecule has 0 unspecified atom stereocenters. The summed E-state index contributed by atoms with van der Waals surface area (Å²) in [6.45, 7) is 6.68. The lowest BCUT2D eigenvalue weighted by Crippen LogP contribution is -2.34. The number of ketones is 1. The maximum atomic E-state index is 13.5. The molecular formula is C32H29N2O3+. The molecule has 2 aliphatic heterocycles. The van der Waals surface area contributed by atoms with Crippen LogP contribution in [0.5, 0.6) is 11.5 Å². The van der Waals surface area contributed by atoms with Gasteiger partial charge in [-0.3, -0.25) is 4.79 Å². The Morgan fingerprint density at radius 3 is 2.62 bits per heavy atom. The number of rotatable bonds is 5. The van der Waals surface area contributed by atoms with E-state index in [1.54, 1.807) is 0 Å². The third-order valence-corrected chi connectivity index (χ3v) is 7.96. The molecule has 7 rings (SSSR count). The van der Waals surface area contributed by atoms with Crippen molar-refractivity contribution in [1.29, 1.82) is 0 Å². The highest BCUT2D eigenvalue weighted by molar-refractivity contribution is 6.00. The molecule has 0 radical (unpaired) electrons. The van der Waals surface area contributed by atoms with Crippen LogP contribution >= 0.6 is 0 Å². The fraction of sp³-hybridized carbons (Fsp3) is 0.250. The van der Waals surface area contributed by atoms with E-state index in [2.05, 4.69) is 59.6 Å². The summed E-state index contributed by atoms with van der Waals surface area (Å²) in [5.74, 6) is 2.13. The van der Waals surface area contributed by atoms with Crippen molar-refractivity contribution in [2.45, 2.75) is 39.8 Å². The second kappa shape index (κ2) is 8.48. The number of carbonyl (C=O) groups excluding carboxylic acids is 1. The van der Waals surface area contributed by atoms with Crippen LogP contribution in [0, 0.1) is 13.8 Å². The molecule has 0 spiro atoms. The molecular weight excluding hydrogens is 460 g/mol. The fourth-order valence-corrected chi connectivity index (χ4v) is 5.82. The average Bonchev–Trinajstić information content (AvgIpc) is 3.64. The molecule has 0 fully saturated rings. The van der Waals surface area contributed by atoms with Crippen molar-refractivity contribution in [3.05, 3.63) is 100 Å². The second-order valence-corrected chi connectivity index (χ2v) is 10.3. The van der Waals surface area contributed by atoms with Crippen LogP contribution in [0.1, 0.15) is 38.2 Å². The number of aromatic nitrogens is 2. The Hall–Kier alpha value is -4.12. The lowest BCUT2D eigenvalue weighted by molar-refractivity contribution is -0.663. The number of hydrogen-bond donors (Lipinski definition) is 0. The Morgan fingerprint density at radius 1 is 0.919 bits per heavy atom. The van der Waals surface area contributed by atoms with Gasteiger partial charge in [0.1, 0.15) is 18.0 Å². The first-order valence-electron chi connectivity index (χ1n) is 13.0. The van der Waals surface area contributed by atoms with Gasteiger partial charge in [0, 0.05) is 35.1 Å². The summed E-state index contributed by atoms with van der Waals surface area (Å²) in [6.07, 6.45) is 3.92. The zero-order chi connectivity index (χ0) is 25.1. The van der Waals surface area contributed by atoms with E-state index in [0.29, 0.717) is 6.54 Å². The van der Waals surface area contributed by atoms with E-state index < -0.39 is 0 Å². The van der Waals surface area contributed by atoms with Crippen molar-refractivity contribution < 1.29 is 18.8 Å². The molecule has 0 amide bonds. The number of Topliss-reactive ketones (excluding diaryl/α,β-unsaturated/α-hetero) is 1. The number of nitrogens with zero attached hydrogens (tertiary/aromatic N) is 2. The Balaban J connectivity index is 1.30. The molecule has 37 heavy (non-hydrogen) atoms. The predicted octanol–water partition coefficient (Wildman–Crippen LogP) is 5.50. The van der Waals surface area contributed by atoms with E-state index >= 15 is 0 Å². The van der Waals surface area contributed by atoms with Gasteiger partial charge in [-0.15, -0.1) is 0 Å². The molecule has 0 saturated heterocycles.